The van der Waals surface area contributed by atoms with Crippen LogP contribution in [0.1, 0.15) is 6.42 Å². The SMILES string of the molecule is Cl.Fc1cnc(O[C@@H]2CCNC2)nc1. The summed E-state index contributed by atoms with van der Waals surface area (Å²) in [5.41, 5.74) is 0. The van der Waals surface area contributed by atoms with E-state index in [2.05, 4.69) is 15.3 Å². The third kappa shape index (κ3) is 2.78. The lowest BCUT2D eigenvalue weighted by Gasteiger charge is -2.09. The minimum atomic E-state index is -0.447. The van der Waals surface area contributed by atoms with Crippen molar-refractivity contribution in [1.82, 2.24) is 15.3 Å². The van der Waals surface area contributed by atoms with Gasteiger partial charge in [0.2, 0.25) is 0 Å². The highest BCUT2D eigenvalue weighted by Gasteiger charge is 2.16. The van der Waals surface area contributed by atoms with Gasteiger partial charge >= 0.3 is 6.01 Å². The van der Waals surface area contributed by atoms with E-state index >= 15 is 0 Å². The predicted octanol–water partition coefficient (Wildman–Crippen LogP) is 0.778. The van der Waals surface area contributed by atoms with Crippen LogP contribution >= 0.6 is 12.4 Å². The summed E-state index contributed by atoms with van der Waals surface area (Å²) in [4.78, 5) is 7.41. The van der Waals surface area contributed by atoms with Gasteiger partial charge in [-0.25, -0.2) is 14.4 Å². The van der Waals surface area contributed by atoms with Crippen molar-refractivity contribution >= 4 is 12.4 Å². The normalized spacial score (nSPS) is 20.2. The molecule has 1 saturated heterocycles. The van der Waals surface area contributed by atoms with Crippen LogP contribution in [0, 0.1) is 5.82 Å². The van der Waals surface area contributed by atoms with Gasteiger partial charge in [0.15, 0.2) is 5.82 Å². The molecule has 0 spiro atoms. The topological polar surface area (TPSA) is 47.0 Å². The molecule has 1 N–H and O–H groups in total. The van der Waals surface area contributed by atoms with Crippen LogP contribution in [0.4, 0.5) is 4.39 Å². The zero-order valence-corrected chi connectivity index (χ0v) is 8.26. The number of ether oxygens (including phenoxy) is 1. The Hall–Kier alpha value is -0.940. The second kappa shape index (κ2) is 5.07. The summed E-state index contributed by atoms with van der Waals surface area (Å²) in [6.07, 6.45) is 3.27. The molecule has 6 heteroatoms. The van der Waals surface area contributed by atoms with Crippen LogP contribution in [0.25, 0.3) is 0 Å². The summed E-state index contributed by atoms with van der Waals surface area (Å²) in [5, 5.41) is 3.15. The average Bonchev–Trinajstić information content (AvgIpc) is 2.62. The lowest BCUT2D eigenvalue weighted by molar-refractivity contribution is 0.203. The number of rotatable bonds is 2. The summed E-state index contributed by atoms with van der Waals surface area (Å²) >= 11 is 0. The zero-order valence-electron chi connectivity index (χ0n) is 7.44. The Balaban J connectivity index is 0.000000980. The second-order valence-corrected chi connectivity index (χ2v) is 2.92. The van der Waals surface area contributed by atoms with E-state index < -0.39 is 5.82 Å². The number of nitrogens with zero attached hydrogens (tertiary/aromatic N) is 2. The maximum atomic E-state index is 12.4. The van der Waals surface area contributed by atoms with Gasteiger partial charge in [0.1, 0.15) is 6.10 Å². The molecule has 1 aliphatic heterocycles. The van der Waals surface area contributed by atoms with Crippen LogP contribution in [0.5, 0.6) is 6.01 Å². The Morgan fingerprint density at radius 2 is 2.14 bits per heavy atom. The van der Waals surface area contributed by atoms with E-state index in [9.17, 15) is 4.39 Å². The van der Waals surface area contributed by atoms with E-state index in [1.54, 1.807) is 0 Å². The molecule has 14 heavy (non-hydrogen) atoms. The molecular weight excluding hydrogens is 209 g/mol. The quantitative estimate of drug-likeness (QED) is 0.799. The highest BCUT2D eigenvalue weighted by molar-refractivity contribution is 5.85. The summed E-state index contributed by atoms with van der Waals surface area (Å²) in [6.45, 7) is 1.76. The van der Waals surface area contributed by atoms with Crippen LogP contribution in [0.3, 0.4) is 0 Å². The fourth-order valence-corrected chi connectivity index (χ4v) is 1.24. The van der Waals surface area contributed by atoms with E-state index in [4.69, 9.17) is 4.74 Å². The summed E-state index contributed by atoms with van der Waals surface area (Å²) < 4.78 is 17.8. The fourth-order valence-electron chi connectivity index (χ4n) is 1.24. The van der Waals surface area contributed by atoms with Crippen molar-refractivity contribution in [3.63, 3.8) is 0 Å². The van der Waals surface area contributed by atoms with Crippen LogP contribution in [-0.4, -0.2) is 29.2 Å². The molecule has 0 aromatic carbocycles. The fraction of sp³-hybridized carbons (Fsp3) is 0.500. The molecule has 1 fully saturated rings. The first-order chi connectivity index (χ1) is 6.34. The maximum absolute atomic E-state index is 12.4. The Kier molecular flexibility index (Phi) is 4.03. The van der Waals surface area contributed by atoms with Gasteiger partial charge in [0.05, 0.1) is 12.4 Å². The minimum Gasteiger partial charge on any atom is -0.459 e. The van der Waals surface area contributed by atoms with Crippen molar-refractivity contribution < 1.29 is 9.13 Å². The summed E-state index contributed by atoms with van der Waals surface area (Å²) in [7, 11) is 0. The molecule has 4 nitrogen and oxygen atoms in total. The molecule has 0 amide bonds. The van der Waals surface area contributed by atoms with Crippen molar-refractivity contribution in [2.24, 2.45) is 0 Å². The third-order valence-electron chi connectivity index (χ3n) is 1.88. The molecule has 78 valence electrons. The van der Waals surface area contributed by atoms with E-state index in [0.717, 1.165) is 31.9 Å². The van der Waals surface area contributed by atoms with Gasteiger partial charge in [0.25, 0.3) is 0 Å². The standard InChI is InChI=1S/C8H10FN3O.ClH/c9-6-3-11-8(12-4-6)13-7-1-2-10-5-7;/h3-4,7,10H,1-2,5H2;1H/t7-;/m1./s1. The van der Waals surface area contributed by atoms with Crippen molar-refractivity contribution in [2.75, 3.05) is 13.1 Å². The molecule has 1 aliphatic rings. The van der Waals surface area contributed by atoms with Crippen molar-refractivity contribution in [3.05, 3.63) is 18.2 Å². The Bertz CT molecular complexity index is 276. The first-order valence-corrected chi connectivity index (χ1v) is 4.19. The molecule has 1 aromatic rings. The van der Waals surface area contributed by atoms with Gasteiger partial charge in [-0.15, -0.1) is 12.4 Å². The number of aromatic nitrogens is 2. The molecular formula is C8H11ClFN3O. The van der Waals surface area contributed by atoms with Crippen LogP contribution in [-0.2, 0) is 0 Å². The number of nitrogens with one attached hydrogen (secondary N) is 1. The van der Waals surface area contributed by atoms with Crippen molar-refractivity contribution in [1.29, 1.82) is 0 Å². The van der Waals surface area contributed by atoms with Gasteiger partial charge in [0, 0.05) is 6.54 Å². The van der Waals surface area contributed by atoms with Crippen LogP contribution < -0.4 is 10.1 Å². The van der Waals surface area contributed by atoms with E-state index in [1.807, 2.05) is 0 Å². The highest BCUT2D eigenvalue weighted by Crippen LogP contribution is 2.08. The molecule has 0 saturated carbocycles. The minimum absolute atomic E-state index is 0. The maximum Gasteiger partial charge on any atom is 0.316 e. The lowest BCUT2D eigenvalue weighted by atomic mass is 10.3. The molecule has 2 heterocycles. The van der Waals surface area contributed by atoms with E-state index in [0.29, 0.717) is 0 Å². The molecule has 0 radical (unpaired) electrons. The Labute approximate surface area is 87.3 Å². The van der Waals surface area contributed by atoms with Gasteiger partial charge in [-0.2, -0.15) is 0 Å². The number of halogens is 2. The smallest absolute Gasteiger partial charge is 0.316 e. The highest BCUT2D eigenvalue weighted by atomic mass is 35.5. The van der Waals surface area contributed by atoms with Gasteiger partial charge < -0.3 is 10.1 Å². The monoisotopic (exact) mass is 219 g/mol. The van der Waals surface area contributed by atoms with Gasteiger partial charge in [-0.05, 0) is 13.0 Å². The summed E-state index contributed by atoms with van der Waals surface area (Å²) in [6, 6.07) is 0.245. The number of hydrogen-bond acceptors (Lipinski definition) is 4. The van der Waals surface area contributed by atoms with Crippen molar-refractivity contribution in [2.45, 2.75) is 12.5 Å². The second-order valence-electron chi connectivity index (χ2n) is 2.92. The molecule has 1 aromatic heterocycles. The lowest BCUT2D eigenvalue weighted by Crippen LogP contribution is -2.20. The largest absolute Gasteiger partial charge is 0.459 e. The van der Waals surface area contributed by atoms with Gasteiger partial charge in [-0.3, -0.25) is 0 Å². The first-order valence-electron chi connectivity index (χ1n) is 4.19. The summed E-state index contributed by atoms with van der Waals surface area (Å²) in [5.74, 6) is -0.447. The Morgan fingerprint density at radius 1 is 1.43 bits per heavy atom. The third-order valence-corrected chi connectivity index (χ3v) is 1.88. The van der Waals surface area contributed by atoms with Crippen LogP contribution in [0.2, 0.25) is 0 Å². The number of hydrogen-bond donors (Lipinski definition) is 1. The van der Waals surface area contributed by atoms with E-state index in [-0.39, 0.29) is 24.5 Å². The average molecular weight is 220 g/mol. The molecule has 0 bridgehead atoms. The first kappa shape index (κ1) is 11.1. The van der Waals surface area contributed by atoms with Crippen molar-refractivity contribution in [3.8, 4) is 6.01 Å². The zero-order chi connectivity index (χ0) is 9.10. The predicted molar refractivity (Wildman–Crippen MR) is 51.1 cm³/mol. The molecule has 2 rings (SSSR count). The Morgan fingerprint density at radius 3 is 2.71 bits per heavy atom. The molecule has 1 atom stereocenters. The molecule has 0 aliphatic carbocycles. The molecule has 0 unspecified atom stereocenters. The van der Waals surface area contributed by atoms with Gasteiger partial charge in [-0.1, -0.05) is 0 Å². The van der Waals surface area contributed by atoms with E-state index in [1.165, 1.54) is 0 Å². The van der Waals surface area contributed by atoms with Crippen LogP contribution in [0.15, 0.2) is 12.4 Å².